The van der Waals surface area contributed by atoms with Crippen molar-refractivity contribution in [3.63, 3.8) is 0 Å². The summed E-state index contributed by atoms with van der Waals surface area (Å²) in [6, 6.07) is 3.05. The number of amides is 2. The van der Waals surface area contributed by atoms with E-state index in [-0.39, 0.29) is 30.4 Å². The standard InChI is InChI=1S/C20H23F3N2O2/c1-3-18(26)24-9-4-5-14-12-15(6-7-16(14)24)19(27)25-10-8-13(2)11-17(25)20(21,22)23/h3,6-7,12-13,17H,1,4-5,8-11H2,2H3/t13-,17+/m1/s1. The maximum absolute atomic E-state index is 13.4. The summed E-state index contributed by atoms with van der Waals surface area (Å²) in [5.74, 6) is -0.890. The normalized spacial score (nSPS) is 23.0. The molecule has 27 heavy (non-hydrogen) atoms. The number of halogens is 3. The van der Waals surface area contributed by atoms with Crippen LogP contribution in [0.4, 0.5) is 18.9 Å². The Labute approximate surface area is 156 Å². The zero-order chi connectivity index (χ0) is 19.8. The van der Waals surface area contributed by atoms with E-state index in [0.717, 1.165) is 16.9 Å². The first-order chi connectivity index (χ1) is 12.7. The van der Waals surface area contributed by atoms with Crippen LogP contribution in [0.3, 0.4) is 0 Å². The molecule has 0 radical (unpaired) electrons. The monoisotopic (exact) mass is 380 g/mol. The van der Waals surface area contributed by atoms with Crippen molar-refractivity contribution < 1.29 is 22.8 Å². The van der Waals surface area contributed by atoms with Gasteiger partial charge in [0.25, 0.3) is 5.91 Å². The maximum Gasteiger partial charge on any atom is 0.408 e. The molecule has 1 saturated heterocycles. The number of carbonyl (C=O) groups is 2. The first-order valence-corrected chi connectivity index (χ1v) is 9.17. The molecule has 2 aliphatic heterocycles. The van der Waals surface area contributed by atoms with E-state index < -0.39 is 18.1 Å². The number of hydrogen-bond donors (Lipinski definition) is 0. The molecule has 0 N–H and O–H groups in total. The van der Waals surface area contributed by atoms with Gasteiger partial charge in [-0.15, -0.1) is 0 Å². The number of benzene rings is 1. The Morgan fingerprint density at radius 1 is 1.26 bits per heavy atom. The van der Waals surface area contributed by atoms with Crippen LogP contribution < -0.4 is 4.90 Å². The summed E-state index contributed by atoms with van der Waals surface area (Å²) < 4.78 is 40.3. The van der Waals surface area contributed by atoms with Crippen LogP contribution in [0.5, 0.6) is 0 Å². The first-order valence-electron chi connectivity index (χ1n) is 9.17. The van der Waals surface area contributed by atoms with Gasteiger partial charge in [-0.3, -0.25) is 9.59 Å². The topological polar surface area (TPSA) is 40.6 Å². The number of piperidine rings is 1. The molecule has 2 amide bonds. The molecule has 1 aromatic carbocycles. The lowest BCUT2D eigenvalue weighted by Gasteiger charge is -2.39. The second kappa shape index (κ2) is 7.37. The fraction of sp³-hybridized carbons (Fsp3) is 0.500. The van der Waals surface area contributed by atoms with Crippen LogP contribution in [0, 0.1) is 5.92 Å². The first kappa shape index (κ1) is 19.5. The van der Waals surface area contributed by atoms with Gasteiger partial charge in [0.2, 0.25) is 5.91 Å². The van der Waals surface area contributed by atoms with Crippen molar-refractivity contribution in [1.82, 2.24) is 4.90 Å². The second-order valence-electron chi connectivity index (χ2n) is 7.33. The fourth-order valence-electron chi connectivity index (χ4n) is 3.93. The summed E-state index contributed by atoms with van der Waals surface area (Å²) >= 11 is 0. The van der Waals surface area contributed by atoms with Crippen LogP contribution in [-0.2, 0) is 11.2 Å². The third-order valence-electron chi connectivity index (χ3n) is 5.39. The molecule has 2 aliphatic rings. The van der Waals surface area contributed by atoms with E-state index in [1.54, 1.807) is 24.0 Å². The summed E-state index contributed by atoms with van der Waals surface area (Å²) in [6.45, 7) is 5.94. The SMILES string of the molecule is C=CC(=O)N1CCCc2cc(C(=O)N3CC[C@@H](C)C[C@H]3C(F)(F)F)ccc21. The van der Waals surface area contributed by atoms with Crippen LogP contribution in [0.2, 0.25) is 0 Å². The average molecular weight is 380 g/mol. The summed E-state index contributed by atoms with van der Waals surface area (Å²) in [6.07, 6.45) is -1.30. The van der Waals surface area contributed by atoms with E-state index in [2.05, 4.69) is 6.58 Å². The van der Waals surface area contributed by atoms with Crippen molar-refractivity contribution in [3.8, 4) is 0 Å². The minimum absolute atomic E-state index is 0.0670. The summed E-state index contributed by atoms with van der Waals surface area (Å²) in [4.78, 5) is 27.4. The van der Waals surface area contributed by atoms with Gasteiger partial charge in [-0.1, -0.05) is 13.5 Å². The van der Waals surface area contributed by atoms with Gasteiger partial charge >= 0.3 is 6.18 Å². The Balaban J connectivity index is 1.89. The number of carbonyl (C=O) groups excluding carboxylic acids is 2. The number of alkyl halides is 3. The summed E-state index contributed by atoms with van der Waals surface area (Å²) in [5.41, 5.74) is 1.74. The van der Waals surface area contributed by atoms with Gasteiger partial charge in [0.15, 0.2) is 0 Å². The van der Waals surface area contributed by atoms with Gasteiger partial charge in [0.1, 0.15) is 6.04 Å². The molecule has 0 bridgehead atoms. The minimum atomic E-state index is -4.44. The third kappa shape index (κ3) is 3.87. The molecule has 0 spiro atoms. The molecule has 0 unspecified atom stereocenters. The van der Waals surface area contributed by atoms with Crippen molar-refractivity contribution >= 4 is 17.5 Å². The molecule has 146 valence electrons. The molecule has 4 nitrogen and oxygen atoms in total. The van der Waals surface area contributed by atoms with Gasteiger partial charge in [-0.05, 0) is 61.4 Å². The van der Waals surface area contributed by atoms with Gasteiger partial charge < -0.3 is 9.80 Å². The highest BCUT2D eigenvalue weighted by molar-refractivity contribution is 6.02. The molecule has 1 aromatic rings. The molecule has 0 aromatic heterocycles. The number of aryl methyl sites for hydroxylation is 1. The van der Waals surface area contributed by atoms with E-state index >= 15 is 0 Å². The Hall–Kier alpha value is -2.31. The average Bonchev–Trinajstić information content (AvgIpc) is 2.65. The Kier molecular flexibility index (Phi) is 5.31. The molecule has 0 saturated carbocycles. The van der Waals surface area contributed by atoms with Crippen LogP contribution in [0.1, 0.15) is 42.1 Å². The van der Waals surface area contributed by atoms with Crippen molar-refractivity contribution in [2.45, 2.75) is 44.8 Å². The van der Waals surface area contributed by atoms with Crippen LogP contribution in [0.15, 0.2) is 30.9 Å². The number of anilines is 1. The highest BCUT2D eigenvalue weighted by Gasteiger charge is 2.47. The molecule has 7 heteroatoms. The number of fused-ring (bicyclic) bond motifs is 1. The maximum atomic E-state index is 13.4. The lowest BCUT2D eigenvalue weighted by atomic mass is 9.91. The molecule has 2 heterocycles. The second-order valence-corrected chi connectivity index (χ2v) is 7.33. The zero-order valence-electron chi connectivity index (χ0n) is 15.3. The van der Waals surface area contributed by atoms with E-state index in [1.165, 1.54) is 12.1 Å². The van der Waals surface area contributed by atoms with E-state index in [4.69, 9.17) is 0 Å². The van der Waals surface area contributed by atoms with Crippen LogP contribution in [0.25, 0.3) is 0 Å². The summed E-state index contributed by atoms with van der Waals surface area (Å²) in [5, 5.41) is 0. The molecule has 2 atom stereocenters. The molecular weight excluding hydrogens is 357 g/mol. The minimum Gasteiger partial charge on any atom is -0.327 e. The number of nitrogens with zero attached hydrogens (tertiary/aromatic N) is 2. The van der Waals surface area contributed by atoms with Crippen molar-refractivity contribution in [1.29, 1.82) is 0 Å². The van der Waals surface area contributed by atoms with E-state index in [1.807, 2.05) is 0 Å². The predicted molar refractivity (Wildman–Crippen MR) is 96.6 cm³/mol. The Morgan fingerprint density at radius 3 is 2.67 bits per heavy atom. The number of hydrogen-bond acceptors (Lipinski definition) is 2. The van der Waals surface area contributed by atoms with Crippen molar-refractivity contribution in [2.24, 2.45) is 5.92 Å². The van der Waals surface area contributed by atoms with Gasteiger partial charge in [0, 0.05) is 24.3 Å². The quantitative estimate of drug-likeness (QED) is 0.729. The number of rotatable bonds is 2. The largest absolute Gasteiger partial charge is 0.408 e. The van der Waals surface area contributed by atoms with E-state index in [9.17, 15) is 22.8 Å². The lowest BCUT2D eigenvalue weighted by molar-refractivity contribution is -0.186. The summed E-state index contributed by atoms with van der Waals surface area (Å²) in [7, 11) is 0. The van der Waals surface area contributed by atoms with Crippen molar-refractivity contribution in [3.05, 3.63) is 42.0 Å². The molecular formula is C20H23F3N2O2. The smallest absolute Gasteiger partial charge is 0.327 e. The highest BCUT2D eigenvalue weighted by Crippen LogP contribution is 2.36. The van der Waals surface area contributed by atoms with Gasteiger partial charge in [0.05, 0.1) is 0 Å². The fourth-order valence-corrected chi connectivity index (χ4v) is 3.93. The Bertz CT molecular complexity index is 760. The van der Waals surface area contributed by atoms with Crippen molar-refractivity contribution in [2.75, 3.05) is 18.0 Å². The zero-order valence-corrected chi connectivity index (χ0v) is 15.3. The molecule has 0 aliphatic carbocycles. The molecule has 1 fully saturated rings. The molecule has 3 rings (SSSR count). The third-order valence-corrected chi connectivity index (χ3v) is 5.39. The van der Waals surface area contributed by atoms with E-state index in [0.29, 0.717) is 25.1 Å². The van der Waals surface area contributed by atoms with Crippen LogP contribution in [-0.4, -0.2) is 42.0 Å². The number of likely N-dealkylation sites (tertiary alicyclic amines) is 1. The van der Waals surface area contributed by atoms with Gasteiger partial charge in [-0.25, -0.2) is 0 Å². The predicted octanol–water partition coefficient (Wildman–Crippen LogP) is 3.95. The lowest BCUT2D eigenvalue weighted by Crippen LogP contribution is -2.53. The Morgan fingerprint density at radius 2 is 2.00 bits per heavy atom. The highest BCUT2D eigenvalue weighted by atomic mass is 19.4. The van der Waals surface area contributed by atoms with Gasteiger partial charge in [-0.2, -0.15) is 13.2 Å². The van der Waals surface area contributed by atoms with Crippen LogP contribution >= 0.6 is 0 Å².